The fourth-order valence-electron chi connectivity index (χ4n) is 2.71. The topological polar surface area (TPSA) is 66.9 Å². The van der Waals surface area contributed by atoms with Crippen LogP contribution in [0.25, 0.3) is 0 Å². The van der Waals surface area contributed by atoms with Crippen LogP contribution in [0.15, 0.2) is 36.5 Å². The number of nitrogens with zero attached hydrogens (tertiary/aromatic N) is 2. The van der Waals surface area contributed by atoms with Crippen molar-refractivity contribution >= 4 is 17.5 Å². The van der Waals surface area contributed by atoms with Crippen LogP contribution in [0.3, 0.4) is 0 Å². The first kappa shape index (κ1) is 14.5. The zero-order valence-corrected chi connectivity index (χ0v) is 12.7. The summed E-state index contributed by atoms with van der Waals surface area (Å²) in [4.78, 5) is 20.9. The Morgan fingerprint density at radius 3 is 2.73 bits per heavy atom. The van der Waals surface area contributed by atoms with Crippen molar-refractivity contribution in [2.24, 2.45) is 0 Å². The fourth-order valence-corrected chi connectivity index (χ4v) is 2.71. The Labute approximate surface area is 130 Å². The maximum atomic E-state index is 12.3. The number of aromatic nitrogens is 2. The van der Waals surface area contributed by atoms with Crippen LogP contribution in [0.4, 0.5) is 11.6 Å². The van der Waals surface area contributed by atoms with Crippen LogP contribution in [-0.2, 0) is 0 Å². The van der Waals surface area contributed by atoms with Crippen LogP contribution in [-0.4, -0.2) is 21.9 Å². The van der Waals surface area contributed by atoms with Crippen molar-refractivity contribution in [1.29, 1.82) is 0 Å². The van der Waals surface area contributed by atoms with Crippen LogP contribution in [0, 0.1) is 6.92 Å². The first-order valence-electron chi connectivity index (χ1n) is 7.69. The van der Waals surface area contributed by atoms with Gasteiger partial charge in [-0.15, -0.1) is 0 Å². The molecule has 114 valence electrons. The molecule has 1 aromatic heterocycles. The number of anilines is 2. The Morgan fingerprint density at radius 2 is 1.95 bits per heavy atom. The van der Waals surface area contributed by atoms with Gasteiger partial charge >= 0.3 is 0 Å². The first-order chi connectivity index (χ1) is 10.7. The maximum absolute atomic E-state index is 12.3. The van der Waals surface area contributed by atoms with E-state index in [1.54, 1.807) is 12.3 Å². The van der Waals surface area contributed by atoms with E-state index in [-0.39, 0.29) is 5.91 Å². The molecule has 0 aliphatic heterocycles. The van der Waals surface area contributed by atoms with E-state index in [1.165, 1.54) is 12.8 Å². The van der Waals surface area contributed by atoms with Gasteiger partial charge in [0, 0.05) is 17.9 Å². The highest BCUT2D eigenvalue weighted by Gasteiger charge is 2.16. The molecular weight excluding hydrogens is 276 g/mol. The van der Waals surface area contributed by atoms with Gasteiger partial charge in [-0.2, -0.15) is 0 Å². The van der Waals surface area contributed by atoms with Crippen molar-refractivity contribution in [3.05, 3.63) is 47.8 Å². The Hall–Kier alpha value is -2.43. The van der Waals surface area contributed by atoms with E-state index in [4.69, 9.17) is 0 Å². The van der Waals surface area contributed by atoms with Crippen molar-refractivity contribution < 1.29 is 4.79 Å². The smallest absolute Gasteiger partial charge is 0.274 e. The van der Waals surface area contributed by atoms with Crippen molar-refractivity contribution in [2.75, 3.05) is 10.6 Å². The first-order valence-corrected chi connectivity index (χ1v) is 7.69. The molecule has 0 saturated heterocycles. The number of carbonyl (C=O) groups excluding carboxylic acids is 1. The second kappa shape index (κ2) is 6.56. The zero-order chi connectivity index (χ0) is 15.4. The van der Waals surface area contributed by atoms with Crippen LogP contribution in [0.1, 0.15) is 41.7 Å². The van der Waals surface area contributed by atoms with Gasteiger partial charge in [0.25, 0.3) is 5.91 Å². The minimum absolute atomic E-state index is 0.217. The number of nitrogens with one attached hydrogen (secondary N) is 2. The van der Waals surface area contributed by atoms with Crippen LogP contribution < -0.4 is 10.6 Å². The summed E-state index contributed by atoms with van der Waals surface area (Å²) in [6, 6.07) is 9.74. The van der Waals surface area contributed by atoms with E-state index in [2.05, 4.69) is 20.6 Å². The van der Waals surface area contributed by atoms with Crippen LogP contribution in [0.2, 0.25) is 0 Å². The monoisotopic (exact) mass is 296 g/mol. The van der Waals surface area contributed by atoms with Gasteiger partial charge in [-0.3, -0.25) is 4.79 Å². The number of hydrogen-bond donors (Lipinski definition) is 2. The largest absolute Gasteiger partial charge is 0.351 e. The summed E-state index contributed by atoms with van der Waals surface area (Å²) in [6.45, 7) is 1.96. The van der Waals surface area contributed by atoms with Gasteiger partial charge in [-0.05, 0) is 37.5 Å². The van der Waals surface area contributed by atoms with E-state index in [1.807, 2.05) is 31.2 Å². The summed E-state index contributed by atoms with van der Waals surface area (Å²) in [5, 5.41) is 6.20. The highest BCUT2D eigenvalue weighted by Crippen LogP contribution is 2.21. The van der Waals surface area contributed by atoms with Crippen molar-refractivity contribution in [1.82, 2.24) is 9.97 Å². The van der Waals surface area contributed by atoms with Gasteiger partial charge in [-0.1, -0.05) is 31.0 Å². The number of amides is 1. The number of hydrogen-bond acceptors (Lipinski definition) is 4. The number of benzene rings is 1. The van der Waals surface area contributed by atoms with Crippen molar-refractivity contribution in [3.8, 4) is 0 Å². The molecule has 0 atom stereocenters. The van der Waals surface area contributed by atoms with E-state index in [0.717, 1.165) is 24.1 Å². The second-order valence-electron chi connectivity index (χ2n) is 5.66. The summed E-state index contributed by atoms with van der Waals surface area (Å²) < 4.78 is 0. The molecule has 1 heterocycles. The SMILES string of the molecule is Cc1ccccc1NC(=O)c1ccnc(NC2CCCC2)n1. The van der Waals surface area contributed by atoms with Gasteiger partial charge in [0.2, 0.25) is 5.95 Å². The molecule has 2 N–H and O–H groups in total. The summed E-state index contributed by atoms with van der Waals surface area (Å²) in [7, 11) is 0. The third-order valence-corrected chi connectivity index (χ3v) is 3.97. The molecule has 1 saturated carbocycles. The number of aryl methyl sites for hydroxylation is 1. The zero-order valence-electron chi connectivity index (χ0n) is 12.7. The summed E-state index contributed by atoms with van der Waals surface area (Å²) >= 11 is 0. The van der Waals surface area contributed by atoms with Gasteiger partial charge in [-0.25, -0.2) is 9.97 Å². The van der Waals surface area contributed by atoms with E-state index >= 15 is 0 Å². The lowest BCUT2D eigenvalue weighted by Gasteiger charge is -2.12. The fraction of sp³-hybridized carbons (Fsp3) is 0.353. The molecule has 1 amide bonds. The van der Waals surface area contributed by atoms with Crippen LogP contribution >= 0.6 is 0 Å². The molecule has 2 aromatic rings. The lowest BCUT2D eigenvalue weighted by molar-refractivity contribution is 0.102. The Morgan fingerprint density at radius 1 is 1.18 bits per heavy atom. The lowest BCUT2D eigenvalue weighted by Crippen LogP contribution is -2.19. The molecule has 0 spiro atoms. The second-order valence-corrected chi connectivity index (χ2v) is 5.66. The molecule has 1 aliphatic rings. The number of carbonyl (C=O) groups is 1. The number of para-hydroxylation sites is 1. The average Bonchev–Trinajstić information content (AvgIpc) is 3.03. The minimum Gasteiger partial charge on any atom is -0.351 e. The molecule has 1 aromatic carbocycles. The molecule has 5 heteroatoms. The van der Waals surface area contributed by atoms with E-state index < -0.39 is 0 Å². The third-order valence-electron chi connectivity index (χ3n) is 3.97. The molecule has 3 rings (SSSR count). The maximum Gasteiger partial charge on any atom is 0.274 e. The Balaban J connectivity index is 1.71. The Bertz CT molecular complexity index is 665. The van der Waals surface area contributed by atoms with E-state index in [0.29, 0.717) is 17.7 Å². The summed E-state index contributed by atoms with van der Waals surface area (Å²) in [5.74, 6) is 0.315. The van der Waals surface area contributed by atoms with Gasteiger partial charge in [0.1, 0.15) is 5.69 Å². The van der Waals surface area contributed by atoms with Gasteiger partial charge < -0.3 is 10.6 Å². The minimum atomic E-state index is -0.217. The predicted octanol–water partition coefficient (Wildman–Crippen LogP) is 3.39. The lowest BCUT2D eigenvalue weighted by atomic mass is 10.2. The number of rotatable bonds is 4. The molecular formula is C17H20N4O. The Kier molecular flexibility index (Phi) is 4.32. The highest BCUT2D eigenvalue weighted by molar-refractivity contribution is 6.03. The highest BCUT2D eigenvalue weighted by atomic mass is 16.1. The van der Waals surface area contributed by atoms with Crippen LogP contribution in [0.5, 0.6) is 0 Å². The summed E-state index contributed by atoms with van der Waals surface area (Å²) in [6.07, 6.45) is 6.39. The molecule has 22 heavy (non-hydrogen) atoms. The standard InChI is InChI=1S/C17H20N4O/c1-12-6-2-5-9-14(12)20-16(22)15-10-11-18-17(21-15)19-13-7-3-4-8-13/h2,5-6,9-11,13H,3-4,7-8H2,1H3,(H,20,22)(H,18,19,21). The third kappa shape index (κ3) is 3.42. The van der Waals surface area contributed by atoms with Gasteiger partial charge in [0.05, 0.1) is 0 Å². The van der Waals surface area contributed by atoms with Gasteiger partial charge in [0.15, 0.2) is 0 Å². The van der Waals surface area contributed by atoms with Crippen molar-refractivity contribution in [3.63, 3.8) is 0 Å². The molecule has 1 fully saturated rings. The van der Waals surface area contributed by atoms with E-state index in [9.17, 15) is 4.79 Å². The molecule has 0 unspecified atom stereocenters. The molecule has 0 radical (unpaired) electrons. The quantitative estimate of drug-likeness (QED) is 0.907. The molecule has 5 nitrogen and oxygen atoms in total. The predicted molar refractivity (Wildman–Crippen MR) is 87.0 cm³/mol. The normalized spacial score (nSPS) is 14.8. The molecule has 0 bridgehead atoms. The summed E-state index contributed by atoms with van der Waals surface area (Å²) in [5.41, 5.74) is 2.20. The molecule has 1 aliphatic carbocycles. The van der Waals surface area contributed by atoms with Crippen molar-refractivity contribution in [2.45, 2.75) is 38.6 Å². The average molecular weight is 296 g/mol.